The lowest BCUT2D eigenvalue weighted by molar-refractivity contribution is -0.696. The quantitative estimate of drug-likeness (QED) is 0.334. The Kier molecular flexibility index (Phi) is 8.27. The van der Waals surface area contributed by atoms with Crippen LogP contribution in [0.4, 0.5) is 0 Å². The van der Waals surface area contributed by atoms with E-state index in [2.05, 4.69) is 52.5 Å². The van der Waals surface area contributed by atoms with Crippen molar-refractivity contribution in [3.05, 3.63) is 31.4 Å². The molecular weight excluding hydrogens is 256 g/mol. The largest absolute Gasteiger partial charge is 0.726 e. The lowest BCUT2D eigenvalue weighted by Gasteiger charge is -2.02. The van der Waals surface area contributed by atoms with Crippen LogP contribution in [0.25, 0.3) is 0 Å². The van der Waals surface area contributed by atoms with Gasteiger partial charge in [0.05, 0.1) is 19.7 Å². The second-order valence-electron chi connectivity index (χ2n) is 3.46. The van der Waals surface area contributed by atoms with Gasteiger partial charge in [0.2, 0.25) is 16.7 Å². The molecule has 0 N–H and O–H groups in total. The summed E-state index contributed by atoms with van der Waals surface area (Å²) in [6, 6.07) is 0. The van der Waals surface area contributed by atoms with E-state index in [-0.39, 0.29) is 6.61 Å². The minimum atomic E-state index is -4.51. The number of imidazole rings is 1. The van der Waals surface area contributed by atoms with Crippen molar-refractivity contribution in [3.63, 3.8) is 0 Å². The van der Waals surface area contributed by atoms with Crippen LogP contribution < -0.4 is 4.57 Å². The summed E-state index contributed by atoms with van der Waals surface area (Å²) in [6.07, 6.45) is 8.75. The van der Waals surface area contributed by atoms with Gasteiger partial charge in [0.25, 0.3) is 0 Å². The van der Waals surface area contributed by atoms with Gasteiger partial charge in [0, 0.05) is 0 Å². The molecule has 0 atom stereocenters. The Morgan fingerprint density at radius 3 is 2.50 bits per heavy atom. The van der Waals surface area contributed by atoms with Gasteiger partial charge >= 0.3 is 0 Å². The third kappa shape index (κ3) is 8.91. The summed E-state index contributed by atoms with van der Waals surface area (Å²) < 4.78 is 36.8. The van der Waals surface area contributed by atoms with Crippen molar-refractivity contribution >= 4 is 10.4 Å². The van der Waals surface area contributed by atoms with Gasteiger partial charge in [-0.05, 0) is 13.3 Å². The first-order valence-corrected chi connectivity index (χ1v) is 7.02. The molecule has 0 aliphatic rings. The summed E-state index contributed by atoms with van der Waals surface area (Å²) in [4.78, 5) is 0. The Morgan fingerprint density at radius 2 is 2.17 bits per heavy atom. The Hall–Kier alpha value is -1.18. The molecule has 0 aromatic carbocycles. The molecule has 104 valence electrons. The first-order valence-electron chi connectivity index (χ1n) is 5.68. The molecule has 0 aliphatic heterocycles. The average molecular weight is 276 g/mol. The highest BCUT2D eigenvalue weighted by atomic mass is 32.3. The molecule has 0 spiro atoms. The van der Waals surface area contributed by atoms with Crippen molar-refractivity contribution in [2.75, 3.05) is 6.61 Å². The first kappa shape index (κ1) is 16.8. The standard InChI is InChI=1S/C8H15N2.C3H6O4S/c1-3-5-10-7-6-9(4-2)8-10;1-2-3-7-8(4,5)6/h6-8H,3-5H2,1-2H3;2H,1,3H2,(H,4,5,6)/q+1;/p-1. The van der Waals surface area contributed by atoms with E-state index in [1.54, 1.807) is 0 Å². The molecule has 1 rings (SSSR count). The van der Waals surface area contributed by atoms with Gasteiger partial charge in [-0.2, -0.15) is 0 Å². The van der Waals surface area contributed by atoms with Crippen LogP contribution in [0.1, 0.15) is 20.3 Å². The van der Waals surface area contributed by atoms with E-state index in [0.717, 1.165) is 13.1 Å². The van der Waals surface area contributed by atoms with Crippen LogP contribution in [-0.4, -0.2) is 24.1 Å². The summed E-state index contributed by atoms with van der Waals surface area (Å²) in [5, 5.41) is 0. The first-order chi connectivity index (χ1) is 8.42. The summed E-state index contributed by atoms with van der Waals surface area (Å²) in [5.74, 6) is 0. The van der Waals surface area contributed by atoms with Gasteiger partial charge in [0.15, 0.2) is 0 Å². The number of aryl methyl sites for hydroxylation is 2. The van der Waals surface area contributed by atoms with Crippen molar-refractivity contribution in [1.82, 2.24) is 4.57 Å². The van der Waals surface area contributed by atoms with E-state index in [9.17, 15) is 13.0 Å². The zero-order valence-electron chi connectivity index (χ0n) is 10.8. The maximum absolute atomic E-state index is 9.56. The number of hydrogen-bond acceptors (Lipinski definition) is 4. The molecule has 7 heteroatoms. The number of rotatable bonds is 6. The van der Waals surface area contributed by atoms with Gasteiger partial charge < -0.3 is 4.55 Å². The molecule has 0 radical (unpaired) electrons. The lowest BCUT2D eigenvalue weighted by atomic mass is 10.5. The fourth-order valence-electron chi connectivity index (χ4n) is 1.15. The third-order valence-corrected chi connectivity index (χ3v) is 2.35. The second kappa shape index (κ2) is 8.84. The molecular formula is C11H20N2O4S. The highest BCUT2D eigenvalue weighted by Gasteiger charge is 1.97. The van der Waals surface area contributed by atoms with Crippen molar-refractivity contribution < 1.29 is 21.7 Å². The lowest BCUT2D eigenvalue weighted by Crippen LogP contribution is -2.30. The van der Waals surface area contributed by atoms with E-state index in [0.29, 0.717) is 0 Å². The van der Waals surface area contributed by atoms with Crippen LogP contribution in [0.3, 0.4) is 0 Å². The van der Waals surface area contributed by atoms with E-state index >= 15 is 0 Å². The molecule has 0 bridgehead atoms. The van der Waals surface area contributed by atoms with E-state index < -0.39 is 10.4 Å². The molecule has 0 aliphatic carbocycles. The molecule has 1 heterocycles. The van der Waals surface area contributed by atoms with E-state index in [1.165, 1.54) is 12.5 Å². The minimum absolute atomic E-state index is 0.258. The van der Waals surface area contributed by atoms with Crippen LogP contribution in [-0.2, 0) is 27.7 Å². The zero-order valence-corrected chi connectivity index (χ0v) is 11.6. The fourth-order valence-corrected chi connectivity index (χ4v) is 1.41. The molecule has 0 amide bonds. The van der Waals surface area contributed by atoms with Gasteiger partial charge in [-0.25, -0.2) is 17.6 Å². The molecule has 1 aromatic heterocycles. The maximum atomic E-state index is 9.56. The third-order valence-electron chi connectivity index (χ3n) is 1.92. The smallest absolute Gasteiger partial charge is 0.243 e. The van der Waals surface area contributed by atoms with Crippen LogP contribution in [0.2, 0.25) is 0 Å². The van der Waals surface area contributed by atoms with E-state index in [1.807, 2.05) is 0 Å². The highest BCUT2D eigenvalue weighted by Crippen LogP contribution is 1.84. The Morgan fingerprint density at radius 1 is 1.50 bits per heavy atom. The van der Waals surface area contributed by atoms with E-state index in [4.69, 9.17) is 0 Å². The van der Waals surface area contributed by atoms with Crippen LogP contribution in [0.5, 0.6) is 0 Å². The summed E-state index contributed by atoms with van der Waals surface area (Å²) in [5.41, 5.74) is 0. The predicted molar refractivity (Wildman–Crippen MR) is 66.4 cm³/mol. The molecule has 18 heavy (non-hydrogen) atoms. The Balaban J connectivity index is 0.000000331. The molecule has 0 saturated carbocycles. The SMILES string of the molecule is C=CCOS(=O)(=O)[O-].CCC[n+]1ccn(CC)c1. The zero-order chi connectivity index (χ0) is 14.0. The normalized spacial score (nSPS) is 10.6. The molecule has 0 fully saturated rings. The molecule has 1 aromatic rings. The predicted octanol–water partition coefficient (Wildman–Crippen LogP) is 0.855. The van der Waals surface area contributed by atoms with Crippen LogP contribution in [0.15, 0.2) is 31.4 Å². The fraction of sp³-hybridized carbons (Fsp3) is 0.545. The summed E-state index contributed by atoms with van der Waals surface area (Å²) in [6.45, 7) is 9.42. The van der Waals surface area contributed by atoms with Crippen molar-refractivity contribution in [1.29, 1.82) is 0 Å². The number of hydrogen-bond donors (Lipinski definition) is 0. The average Bonchev–Trinajstić information content (AvgIpc) is 2.75. The summed E-state index contributed by atoms with van der Waals surface area (Å²) >= 11 is 0. The van der Waals surface area contributed by atoms with Crippen molar-refractivity contribution in [2.45, 2.75) is 33.4 Å². The van der Waals surface area contributed by atoms with Gasteiger partial charge in [0.1, 0.15) is 12.4 Å². The molecule has 6 nitrogen and oxygen atoms in total. The molecule has 0 saturated heterocycles. The van der Waals surface area contributed by atoms with Crippen molar-refractivity contribution in [3.8, 4) is 0 Å². The number of aromatic nitrogens is 2. The maximum Gasteiger partial charge on any atom is 0.243 e. The van der Waals surface area contributed by atoms with Gasteiger partial charge in [-0.1, -0.05) is 13.0 Å². The summed E-state index contributed by atoms with van der Waals surface area (Å²) in [7, 11) is -4.51. The monoisotopic (exact) mass is 276 g/mol. The topological polar surface area (TPSA) is 75.2 Å². The van der Waals surface area contributed by atoms with Crippen LogP contribution in [0, 0.1) is 0 Å². The highest BCUT2D eigenvalue weighted by molar-refractivity contribution is 7.80. The number of nitrogens with zero attached hydrogens (tertiary/aromatic N) is 2. The van der Waals surface area contributed by atoms with Crippen LogP contribution >= 0.6 is 0 Å². The Labute approximate surface area is 108 Å². The minimum Gasteiger partial charge on any atom is -0.726 e. The van der Waals surface area contributed by atoms with Gasteiger partial charge in [-0.3, -0.25) is 4.18 Å². The molecule has 0 unspecified atom stereocenters. The Bertz CT molecular complexity index is 440. The van der Waals surface area contributed by atoms with Crippen molar-refractivity contribution in [2.24, 2.45) is 0 Å². The van der Waals surface area contributed by atoms with Gasteiger partial charge in [-0.15, -0.1) is 6.58 Å². The second-order valence-corrected chi connectivity index (χ2v) is 4.52.